The lowest BCUT2D eigenvalue weighted by molar-refractivity contribution is -0.0100. The van der Waals surface area contributed by atoms with Crippen molar-refractivity contribution < 1.29 is 9.47 Å². The van der Waals surface area contributed by atoms with Gasteiger partial charge >= 0.3 is 0 Å². The highest BCUT2D eigenvalue weighted by molar-refractivity contribution is 9.10. The zero-order chi connectivity index (χ0) is 13.0. The fourth-order valence-corrected chi connectivity index (χ4v) is 2.30. The van der Waals surface area contributed by atoms with Crippen LogP contribution in [0.2, 0.25) is 0 Å². The molecule has 0 aliphatic carbocycles. The minimum Gasteiger partial charge on any atom is -0.382 e. The first-order valence-electron chi connectivity index (χ1n) is 5.65. The second-order valence-electron chi connectivity index (χ2n) is 4.03. The molecule has 0 N–H and O–H groups in total. The van der Waals surface area contributed by atoms with Crippen LogP contribution in [0.25, 0.3) is 0 Å². The van der Waals surface area contributed by atoms with Crippen molar-refractivity contribution in [2.75, 3.05) is 38.3 Å². The van der Waals surface area contributed by atoms with E-state index >= 15 is 0 Å². The molecule has 1 aliphatic heterocycles. The number of anilines is 1. The zero-order valence-corrected chi connectivity index (χ0v) is 11.7. The van der Waals surface area contributed by atoms with Gasteiger partial charge in [-0.2, -0.15) is 5.26 Å². The molecule has 0 bridgehead atoms. The summed E-state index contributed by atoms with van der Waals surface area (Å²) in [6.45, 7) is 2.65. The first-order chi connectivity index (χ1) is 8.74. The summed E-state index contributed by atoms with van der Waals surface area (Å²) in [7, 11) is 1.66. The monoisotopic (exact) mass is 311 g/mol. The Hall–Kier alpha value is -1.16. The summed E-state index contributed by atoms with van der Waals surface area (Å²) in [5.41, 5.74) is 1.28. The third kappa shape index (κ3) is 2.99. The van der Waals surface area contributed by atoms with Crippen LogP contribution in [-0.2, 0) is 9.47 Å². The molecule has 96 valence electrons. The van der Waals surface area contributed by atoms with Crippen LogP contribution in [0, 0.1) is 11.3 Å². The number of nitriles is 1. The topological polar surface area (TPSA) is 58.4 Å². The predicted octanol–water partition coefficient (Wildman–Crippen LogP) is 1.57. The molecule has 6 heteroatoms. The van der Waals surface area contributed by atoms with Gasteiger partial charge in [-0.05, 0) is 22.0 Å². The summed E-state index contributed by atoms with van der Waals surface area (Å²) in [6, 6.07) is 4.04. The number of pyridine rings is 1. The second-order valence-corrected chi connectivity index (χ2v) is 4.94. The SMILES string of the molecule is COCC1CN(c2cc(Br)cnc2C#N)CCO1. The maximum absolute atomic E-state index is 9.10. The fraction of sp³-hybridized carbons (Fsp3) is 0.500. The molecule has 0 radical (unpaired) electrons. The molecule has 0 spiro atoms. The van der Waals surface area contributed by atoms with E-state index in [0.717, 1.165) is 16.7 Å². The van der Waals surface area contributed by atoms with Gasteiger partial charge in [-0.25, -0.2) is 4.98 Å². The molecule has 18 heavy (non-hydrogen) atoms. The van der Waals surface area contributed by atoms with Crippen LogP contribution >= 0.6 is 15.9 Å². The molecule has 1 aromatic rings. The van der Waals surface area contributed by atoms with E-state index in [1.165, 1.54) is 0 Å². The molecule has 1 aliphatic rings. The maximum Gasteiger partial charge on any atom is 0.163 e. The lowest BCUT2D eigenvalue weighted by Crippen LogP contribution is -2.44. The van der Waals surface area contributed by atoms with Gasteiger partial charge in [-0.3, -0.25) is 0 Å². The smallest absolute Gasteiger partial charge is 0.163 e. The van der Waals surface area contributed by atoms with Crippen molar-refractivity contribution in [1.82, 2.24) is 4.98 Å². The number of morpholine rings is 1. The van der Waals surface area contributed by atoms with E-state index in [1.54, 1.807) is 13.3 Å². The van der Waals surface area contributed by atoms with Gasteiger partial charge in [0.1, 0.15) is 6.07 Å². The quantitative estimate of drug-likeness (QED) is 0.848. The Bertz CT molecular complexity index is 459. The van der Waals surface area contributed by atoms with Crippen molar-refractivity contribution in [3.05, 3.63) is 22.4 Å². The number of nitrogens with zero attached hydrogens (tertiary/aromatic N) is 3. The molecule has 2 rings (SSSR count). The number of rotatable bonds is 3. The van der Waals surface area contributed by atoms with Gasteiger partial charge in [0.25, 0.3) is 0 Å². The fourth-order valence-electron chi connectivity index (χ4n) is 1.98. The largest absolute Gasteiger partial charge is 0.382 e. The Morgan fingerprint density at radius 3 is 3.28 bits per heavy atom. The van der Waals surface area contributed by atoms with Gasteiger partial charge in [-0.1, -0.05) is 0 Å². The van der Waals surface area contributed by atoms with E-state index in [-0.39, 0.29) is 6.10 Å². The maximum atomic E-state index is 9.10. The van der Waals surface area contributed by atoms with Crippen molar-refractivity contribution in [3.8, 4) is 6.07 Å². The highest BCUT2D eigenvalue weighted by atomic mass is 79.9. The van der Waals surface area contributed by atoms with Crippen LogP contribution in [0.5, 0.6) is 0 Å². The second kappa shape index (κ2) is 6.14. The van der Waals surface area contributed by atoms with Gasteiger partial charge in [0, 0.05) is 30.9 Å². The van der Waals surface area contributed by atoms with E-state index in [4.69, 9.17) is 14.7 Å². The van der Waals surface area contributed by atoms with E-state index < -0.39 is 0 Å². The first kappa shape index (κ1) is 13.3. The lowest BCUT2D eigenvalue weighted by Gasteiger charge is -2.34. The third-order valence-electron chi connectivity index (χ3n) is 2.77. The molecule has 2 heterocycles. The minimum atomic E-state index is 0.0364. The Balaban J connectivity index is 2.20. The van der Waals surface area contributed by atoms with Crippen LogP contribution in [0.4, 0.5) is 5.69 Å². The molecule has 1 aromatic heterocycles. The van der Waals surface area contributed by atoms with E-state index in [2.05, 4.69) is 31.9 Å². The lowest BCUT2D eigenvalue weighted by atomic mass is 10.2. The van der Waals surface area contributed by atoms with Crippen molar-refractivity contribution in [1.29, 1.82) is 5.26 Å². The summed E-state index contributed by atoms with van der Waals surface area (Å²) < 4.78 is 11.6. The van der Waals surface area contributed by atoms with Gasteiger partial charge < -0.3 is 14.4 Å². The van der Waals surface area contributed by atoms with Crippen LogP contribution in [0.1, 0.15) is 5.69 Å². The molecule has 1 fully saturated rings. The predicted molar refractivity (Wildman–Crippen MR) is 70.5 cm³/mol. The summed E-state index contributed by atoms with van der Waals surface area (Å²) >= 11 is 3.38. The molecule has 0 saturated carbocycles. The summed E-state index contributed by atoms with van der Waals surface area (Å²) in [6.07, 6.45) is 1.67. The van der Waals surface area contributed by atoms with Crippen molar-refractivity contribution in [2.45, 2.75) is 6.10 Å². The van der Waals surface area contributed by atoms with Crippen molar-refractivity contribution in [3.63, 3.8) is 0 Å². The molecule has 5 nitrogen and oxygen atoms in total. The Labute approximate surface area is 114 Å². The average molecular weight is 312 g/mol. The van der Waals surface area contributed by atoms with Crippen molar-refractivity contribution >= 4 is 21.6 Å². The highest BCUT2D eigenvalue weighted by Gasteiger charge is 2.23. The number of halogens is 1. The molecular formula is C12H14BrN3O2. The van der Waals surface area contributed by atoms with Gasteiger partial charge in [0.2, 0.25) is 0 Å². The normalized spacial score (nSPS) is 19.6. The summed E-state index contributed by atoms with van der Waals surface area (Å²) in [4.78, 5) is 6.24. The van der Waals surface area contributed by atoms with Crippen LogP contribution in [0.3, 0.4) is 0 Å². The van der Waals surface area contributed by atoms with Gasteiger partial charge in [0.05, 0.1) is 25.0 Å². The molecule has 1 atom stereocenters. The molecule has 1 unspecified atom stereocenters. The first-order valence-corrected chi connectivity index (χ1v) is 6.45. The Morgan fingerprint density at radius 2 is 2.56 bits per heavy atom. The highest BCUT2D eigenvalue weighted by Crippen LogP contribution is 2.24. The van der Waals surface area contributed by atoms with Crippen LogP contribution in [-0.4, -0.2) is 44.5 Å². The Morgan fingerprint density at radius 1 is 1.72 bits per heavy atom. The number of hydrogen-bond donors (Lipinski definition) is 0. The number of methoxy groups -OCH3 is 1. The third-order valence-corrected chi connectivity index (χ3v) is 3.21. The van der Waals surface area contributed by atoms with Gasteiger partial charge in [-0.15, -0.1) is 0 Å². The number of hydrogen-bond acceptors (Lipinski definition) is 5. The van der Waals surface area contributed by atoms with E-state index in [1.807, 2.05) is 6.07 Å². The summed E-state index contributed by atoms with van der Waals surface area (Å²) in [5, 5.41) is 9.10. The van der Waals surface area contributed by atoms with Gasteiger partial charge in [0.15, 0.2) is 5.69 Å². The molecule has 0 amide bonds. The standard InChI is InChI=1S/C12H14BrN3O2/c1-17-8-10-7-16(2-3-18-10)12-4-9(13)6-15-11(12)5-14/h4,6,10H,2-3,7-8H2,1H3. The number of ether oxygens (including phenoxy) is 2. The van der Waals surface area contributed by atoms with Crippen LogP contribution in [0.15, 0.2) is 16.7 Å². The minimum absolute atomic E-state index is 0.0364. The van der Waals surface area contributed by atoms with E-state index in [9.17, 15) is 0 Å². The van der Waals surface area contributed by atoms with Crippen molar-refractivity contribution in [2.24, 2.45) is 0 Å². The van der Waals surface area contributed by atoms with Crippen LogP contribution < -0.4 is 4.90 Å². The molecular weight excluding hydrogens is 298 g/mol. The summed E-state index contributed by atoms with van der Waals surface area (Å²) in [5.74, 6) is 0. The Kier molecular flexibility index (Phi) is 4.53. The average Bonchev–Trinajstić information content (AvgIpc) is 2.39. The number of aromatic nitrogens is 1. The molecule has 1 saturated heterocycles. The zero-order valence-electron chi connectivity index (χ0n) is 10.1. The molecule has 0 aromatic carbocycles. The van der Waals surface area contributed by atoms with E-state index in [0.29, 0.717) is 25.5 Å².